The lowest BCUT2D eigenvalue weighted by Crippen LogP contribution is -2.31. The summed E-state index contributed by atoms with van der Waals surface area (Å²) in [6.07, 6.45) is 1.42. The van der Waals surface area contributed by atoms with E-state index >= 15 is 0 Å². The Kier molecular flexibility index (Phi) is 3.23. The van der Waals surface area contributed by atoms with Gasteiger partial charge in [-0.1, -0.05) is 11.8 Å². The van der Waals surface area contributed by atoms with Crippen molar-refractivity contribution in [2.45, 2.75) is 16.8 Å². The van der Waals surface area contributed by atoms with Crippen molar-refractivity contribution in [3.63, 3.8) is 0 Å². The molecule has 20 heavy (non-hydrogen) atoms. The molecule has 1 aromatic carbocycles. The number of aromatic nitrogens is 3. The van der Waals surface area contributed by atoms with Gasteiger partial charge < -0.3 is 0 Å². The molecule has 1 unspecified atom stereocenters. The molecule has 1 aliphatic heterocycles. The Morgan fingerprint density at radius 1 is 1.30 bits per heavy atom. The summed E-state index contributed by atoms with van der Waals surface area (Å²) in [7, 11) is 0. The van der Waals surface area contributed by atoms with Crippen LogP contribution in [0, 0.1) is 5.82 Å². The fourth-order valence-corrected chi connectivity index (χ4v) is 2.86. The maximum Gasteiger partial charge on any atom is 0.247 e. The SMILES string of the molecule is O=C1CC(Sc2ncn[nH]2)C(=O)N1c1ccc(F)cc1. The third-order valence-electron chi connectivity index (χ3n) is 2.84. The number of rotatable bonds is 3. The van der Waals surface area contributed by atoms with E-state index in [1.54, 1.807) is 0 Å². The highest BCUT2D eigenvalue weighted by Crippen LogP contribution is 2.32. The Bertz CT molecular complexity index is 644. The number of hydrogen-bond donors (Lipinski definition) is 1. The average molecular weight is 292 g/mol. The summed E-state index contributed by atoms with van der Waals surface area (Å²) >= 11 is 1.16. The molecule has 102 valence electrons. The van der Waals surface area contributed by atoms with E-state index in [1.807, 2.05) is 0 Å². The number of benzene rings is 1. The van der Waals surface area contributed by atoms with Crippen molar-refractivity contribution in [2.24, 2.45) is 0 Å². The zero-order chi connectivity index (χ0) is 14.1. The number of nitrogens with zero attached hydrogens (tertiary/aromatic N) is 3. The molecule has 0 bridgehead atoms. The third kappa shape index (κ3) is 2.29. The zero-order valence-electron chi connectivity index (χ0n) is 10.1. The molecular weight excluding hydrogens is 283 g/mol. The van der Waals surface area contributed by atoms with E-state index in [4.69, 9.17) is 0 Å². The Balaban J connectivity index is 1.81. The smallest absolute Gasteiger partial charge is 0.247 e. The molecule has 1 atom stereocenters. The first kappa shape index (κ1) is 12.8. The molecule has 1 N–H and O–H groups in total. The second-order valence-corrected chi connectivity index (χ2v) is 5.34. The molecular formula is C12H9FN4O2S. The number of nitrogens with one attached hydrogen (secondary N) is 1. The molecule has 0 spiro atoms. The summed E-state index contributed by atoms with van der Waals surface area (Å²) < 4.78 is 12.9. The second-order valence-electron chi connectivity index (χ2n) is 4.15. The summed E-state index contributed by atoms with van der Waals surface area (Å²) in [5, 5.41) is 6.26. The highest BCUT2D eigenvalue weighted by atomic mass is 32.2. The van der Waals surface area contributed by atoms with E-state index in [1.165, 1.54) is 30.6 Å². The molecule has 8 heteroatoms. The van der Waals surface area contributed by atoms with Gasteiger partial charge in [0, 0.05) is 6.42 Å². The quantitative estimate of drug-likeness (QED) is 0.864. The normalized spacial score (nSPS) is 18.9. The van der Waals surface area contributed by atoms with Gasteiger partial charge in [0.05, 0.1) is 5.69 Å². The number of amides is 2. The van der Waals surface area contributed by atoms with Gasteiger partial charge in [0.1, 0.15) is 17.4 Å². The predicted octanol–water partition coefficient (Wildman–Crippen LogP) is 1.37. The van der Waals surface area contributed by atoms with E-state index in [0.29, 0.717) is 10.8 Å². The maximum absolute atomic E-state index is 12.9. The van der Waals surface area contributed by atoms with Crippen LogP contribution < -0.4 is 4.90 Å². The van der Waals surface area contributed by atoms with Crippen molar-refractivity contribution < 1.29 is 14.0 Å². The Hall–Kier alpha value is -2.22. The van der Waals surface area contributed by atoms with Gasteiger partial charge in [0.2, 0.25) is 11.8 Å². The van der Waals surface area contributed by atoms with Crippen LogP contribution in [0.2, 0.25) is 0 Å². The fourth-order valence-electron chi connectivity index (χ4n) is 1.94. The molecule has 1 aromatic heterocycles. The minimum absolute atomic E-state index is 0.0849. The molecule has 0 aliphatic carbocycles. The number of halogens is 1. The van der Waals surface area contributed by atoms with Crippen LogP contribution >= 0.6 is 11.8 Å². The number of aromatic amines is 1. The monoisotopic (exact) mass is 292 g/mol. The van der Waals surface area contributed by atoms with E-state index in [2.05, 4.69) is 15.2 Å². The van der Waals surface area contributed by atoms with Gasteiger partial charge in [-0.25, -0.2) is 14.3 Å². The molecule has 2 amide bonds. The van der Waals surface area contributed by atoms with Crippen LogP contribution in [0.1, 0.15) is 6.42 Å². The fraction of sp³-hybridized carbons (Fsp3) is 0.167. The summed E-state index contributed by atoms with van der Waals surface area (Å²) in [5.74, 6) is -1.05. The Labute approximate surface area is 117 Å². The number of thioether (sulfide) groups is 1. The van der Waals surface area contributed by atoms with Gasteiger partial charge in [-0.2, -0.15) is 5.10 Å². The summed E-state index contributed by atoms with van der Waals surface area (Å²) in [4.78, 5) is 29.2. The van der Waals surface area contributed by atoms with Crippen molar-refractivity contribution in [2.75, 3.05) is 4.90 Å². The van der Waals surface area contributed by atoms with Gasteiger partial charge in [-0.15, -0.1) is 0 Å². The van der Waals surface area contributed by atoms with Crippen LogP contribution in [0.25, 0.3) is 0 Å². The molecule has 1 saturated heterocycles. The second kappa shape index (κ2) is 5.04. The molecule has 2 heterocycles. The minimum Gasteiger partial charge on any atom is -0.274 e. The molecule has 2 aromatic rings. The summed E-state index contributed by atoms with van der Waals surface area (Å²) in [6, 6.07) is 5.25. The Morgan fingerprint density at radius 3 is 2.70 bits per heavy atom. The van der Waals surface area contributed by atoms with Crippen molar-refractivity contribution in [1.82, 2.24) is 15.2 Å². The molecule has 0 saturated carbocycles. The van der Waals surface area contributed by atoms with Gasteiger partial charge in [0.15, 0.2) is 5.16 Å². The van der Waals surface area contributed by atoms with E-state index in [0.717, 1.165) is 16.7 Å². The van der Waals surface area contributed by atoms with Crippen LogP contribution in [-0.4, -0.2) is 32.2 Å². The molecule has 3 rings (SSSR count). The summed E-state index contributed by atoms with van der Waals surface area (Å²) in [5.41, 5.74) is 0.377. The lowest BCUT2D eigenvalue weighted by atomic mass is 10.3. The number of carbonyl (C=O) groups excluding carboxylic acids is 2. The van der Waals surface area contributed by atoms with Crippen molar-refractivity contribution in [3.8, 4) is 0 Å². The standard InChI is InChI=1S/C12H9FN4O2S/c13-7-1-3-8(4-2-7)17-10(18)5-9(11(17)19)20-12-14-6-15-16-12/h1-4,6,9H,5H2,(H,14,15,16). The first-order valence-electron chi connectivity index (χ1n) is 5.79. The largest absolute Gasteiger partial charge is 0.274 e. The maximum atomic E-state index is 12.9. The van der Waals surface area contributed by atoms with Gasteiger partial charge >= 0.3 is 0 Å². The highest BCUT2D eigenvalue weighted by molar-refractivity contribution is 8.00. The summed E-state index contributed by atoms with van der Waals surface area (Å²) in [6.45, 7) is 0. The van der Waals surface area contributed by atoms with Crippen LogP contribution in [0.5, 0.6) is 0 Å². The van der Waals surface area contributed by atoms with Crippen molar-refractivity contribution in [1.29, 1.82) is 0 Å². The lowest BCUT2D eigenvalue weighted by Gasteiger charge is -2.14. The lowest BCUT2D eigenvalue weighted by molar-refractivity contribution is -0.121. The first-order valence-corrected chi connectivity index (χ1v) is 6.67. The van der Waals surface area contributed by atoms with Gasteiger partial charge in [-0.3, -0.25) is 14.7 Å². The molecule has 0 radical (unpaired) electrons. The van der Waals surface area contributed by atoms with Crippen LogP contribution in [0.4, 0.5) is 10.1 Å². The number of carbonyl (C=O) groups is 2. The van der Waals surface area contributed by atoms with E-state index in [-0.39, 0.29) is 18.2 Å². The van der Waals surface area contributed by atoms with Gasteiger partial charge in [-0.05, 0) is 24.3 Å². The molecule has 6 nitrogen and oxygen atoms in total. The third-order valence-corrected chi connectivity index (χ3v) is 3.91. The van der Waals surface area contributed by atoms with Crippen molar-refractivity contribution >= 4 is 29.3 Å². The average Bonchev–Trinajstić information content (AvgIpc) is 3.02. The minimum atomic E-state index is -0.541. The zero-order valence-corrected chi connectivity index (χ0v) is 10.9. The Morgan fingerprint density at radius 2 is 2.05 bits per heavy atom. The highest BCUT2D eigenvalue weighted by Gasteiger charge is 2.40. The number of H-pyrrole nitrogens is 1. The van der Waals surface area contributed by atoms with Crippen LogP contribution in [0.3, 0.4) is 0 Å². The first-order chi connectivity index (χ1) is 9.65. The number of hydrogen-bond acceptors (Lipinski definition) is 5. The predicted molar refractivity (Wildman–Crippen MR) is 69.5 cm³/mol. The van der Waals surface area contributed by atoms with E-state index < -0.39 is 11.1 Å². The van der Waals surface area contributed by atoms with Crippen molar-refractivity contribution in [3.05, 3.63) is 36.4 Å². The van der Waals surface area contributed by atoms with E-state index in [9.17, 15) is 14.0 Å². The molecule has 1 fully saturated rings. The topological polar surface area (TPSA) is 79.0 Å². The number of anilines is 1. The van der Waals surface area contributed by atoms with Crippen LogP contribution in [-0.2, 0) is 9.59 Å². The van der Waals surface area contributed by atoms with Gasteiger partial charge in [0.25, 0.3) is 0 Å². The number of imide groups is 1. The van der Waals surface area contributed by atoms with Crippen LogP contribution in [0.15, 0.2) is 35.7 Å². The molecule has 1 aliphatic rings.